The van der Waals surface area contributed by atoms with Crippen molar-refractivity contribution >= 4 is 35.1 Å². The van der Waals surface area contributed by atoms with Crippen molar-refractivity contribution in [2.75, 3.05) is 36.6 Å². The van der Waals surface area contributed by atoms with Crippen LogP contribution in [0, 0.1) is 5.82 Å². The first-order valence-electron chi connectivity index (χ1n) is 14.2. The van der Waals surface area contributed by atoms with Gasteiger partial charge in [-0.1, -0.05) is 37.1 Å². The summed E-state index contributed by atoms with van der Waals surface area (Å²) in [6, 6.07) is 14.9. The highest BCUT2D eigenvalue weighted by Gasteiger charge is 2.19. The molecule has 1 atom stereocenters. The monoisotopic (exact) mass is 592 g/mol. The van der Waals surface area contributed by atoms with Gasteiger partial charge in [-0.15, -0.1) is 0 Å². The number of urea groups is 1. The number of carbonyl (C=O) groups excluding carboxylic acids is 3. The standard InChI is InChI=1S/C32H41FN6O4/c1-32(2,3)43-31(42)38-27-16-9-8-15-26(27)36-29(40)28-18-17-22(21-34-28)25(14-7-6-10-19-39(4)5)37-30(41)35-24-13-11-12-23(33)20-24/h8-9,11-13,15-18,20-21,25H,6-7,10,14,19H2,1-5H3,(H,36,40)(H,38,42)(H2,35,37,41). The molecule has 2 aromatic carbocycles. The molecule has 230 valence electrons. The molecule has 1 unspecified atom stereocenters. The summed E-state index contributed by atoms with van der Waals surface area (Å²) in [5, 5.41) is 11.1. The van der Waals surface area contributed by atoms with Crippen LogP contribution in [-0.4, -0.2) is 54.2 Å². The van der Waals surface area contributed by atoms with Gasteiger partial charge in [-0.25, -0.2) is 14.0 Å². The van der Waals surface area contributed by atoms with Crippen molar-refractivity contribution < 1.29 is 23.5 Å². The molecule has 3 aromatic rings. The first kappa shape index (κ1) is 33.0. The van der Waals surface area contributed by atoms with E-state index in [1.165, 1.54) is 18.2 Å². The molecule has 10 nitrogen and oxygen atoms in total. The van der Waals surface area contributed by atoms with E-state index in [0.717, 1.165) is 31.4 Å². The zero-order valence-corrected chi connectivity index (χ0v) is 25.4. The minimum atomic E-state index is -0.674. The number of unbranched alkanes of at least 4 members (excludes halogenated alkanes) is 2. The second-order valence-electron chi connectivity index (χ2n) is 11.4. The quantitative estimate of drug-likeness (QED) is 0.171. The number of para-hydroxylation sites is 2. The predicted octanol–water partition coefficient (Wildman–Crippen LogP) is 6.80. The normalized spacial score (nSPS) is 11.9. The van der Waals surface area contributed by atoms with Crippen LogP contribution >= 0.6 is 0 Å². The van der Waals surface area contributed by atoms with Crippen LogP contribution in [0.1, 0.15) is 68.5 Å². The van der Waals surface area contributed by atoms with Crippen molar-refractivity contribution in [1.82, 2.24) is 15.2 Å². The number of pyridine rings is 1. The predicted molar refractivity (Wildman–Crippen MR) is 167 cm³/mol. The number of rotatable bonds is 12. The molecule has 1 aromatic heterocycles. The van der Waals surface area contributed by atoms with E-state index in [1.54, 1.807) is 69.4 Å². The number of carbonyl (C=O) groups is 3. The van der Waals surface area contributed by atoms with Crippen molar-refractivity contribution in [2.24, 2.45) is 0 Å². The molecule has 3 rings (SSSR count). The zero-order valence-electron chi connectivity index (χ0n) is 25.4. The minimum Gasteiger partial charge on any atom is -0.444 e. The molecule has 0 radical (unpaired) electrons. The van der Waals surface area contributed by atoms with E-state index in [1.807, 2.05) is 14.1 Å². The first-order chi connectivity index (χ1) is 20.4. The van der Waals surface area contributed by atoms with Crippen LogP contribution < -0.4 is 21.3 Å². The van der Waals surface area contributed by atoms with E-state index >= 15 is 0 Å². The minimum absolute atomic E-state index is 0.157. The zero-order chi connectivity index (χ0) is 31.4. The van der Waals surface area contributed by atoms with E-state index in [2.05, 4.69) is 31.2 Å². The fraction of sp³-hybridized carbons (Fsp3) is 0.375. The summed E-state index contributed by atoms with van der Waals surface area (Å²) < 4.78 is 18.9. The summed E-state index contributed by atoms with van der Waals surface area (Å²) in [6.07, 6.45) is 4.44. The summed E-state index contributed by atoms with van der Waals surface area (Å²) in [4.78, 5) is 44.6. The van der Waals surface area contributed by atoms with Gasteiger partial charge in [0.1, 0.15) is 17.1 Å². The van der Waals surface area contributed by atoms with Crippen LogP contribution in [0.2, 0.25) is 0 Å². The maximum Gasteiger partial charge on any atom is 0.412 e. The lowest BCUT2D eigenvalue weighted by Gasteiger charge is -2.21. The van der Waals surface area contributed by atoms with Gasteiger partial charge in [0.2, 0.25) is 0 Å². The largest absolute Gasteiger partial charge is 0.444 e. The number of anilines is 3. The average Bonchev–Trinajstić information content (AvgIpc) is 2.92. The number of halogens is 1. The molecule has 0 fully saturated rings. The van der Waals surface area contributed by atoms with Gasteiger partial charge in [-0.2, -0.15) is 0 Å². The molecule has 0 aliphatic carbocycles. The lowest BCUT2D eigenvalue weighted by Crippen LogP contribution is -2.32. The Morgan fingerprint density at radius 3 is 2.26 bits per heavy atom. The highest BCUT2D eigenvalue weighted by atomic mass is 19.1. The third kappa shape index (κ3) is 11.7. The molecule has 0 spiro atoms. The summed E-state index contributed by atoms with van der Waals surface area (Å²) >= 11 is 0. The third-order valence-corrected chi connectivity index (χ3v) is 6.22. The molecule has 11 heteroatoms. The van der Waals surface area contributed by atoms with Crippen molar-refractivity contribution in [3.8, 4) is 0 Å². The Labute approximate surface area is 252 Å². The van der Waals surface area contributed by atoms with Crippen LogP contribution in [0.3, 0.4) is 0 Å². The van der Waals surface area contributed by atoms with Crippen LogP contribution in [0.15, 0.2) is 66.9 Å². The second-order valence-corrected chi connectivity index (χ2v) is 11.4. The molecule has 0 aliphatic rings. The molecule has 1 heterocycles. The van der Waals surface area contributed by atoms with Crippen LogP contribution in [0.5, 0.6) is 0 Å². The molecular weight excluding hydrogens is 551 g/mol. The maximum absolute atomic E-state index is 13.6. The average molecular weight is 593 g/mol. The van der Waals surface area contributed by atoms with Crippen LogP contribution in [-0.2, 0) is 4.74 Å². The molecule has 0 saturated carbocycles. The fourth-order valence-corrected chi connectivity index (χ4v) is 4.21. The maximum atomic E-state index is 13.6. The molecule has 0 aliphatic heterocycles. The number of benzene rings is 2. The number of amides is 4. The Morgan fingerprint density at radius 2 is 1.63 bits per heavy atom. The third-order valence-electron chi connectivity index (χ3n) is 6.22. The second kappa shape index (κ2) is 15.6. The summed E-state index contributed by atoms with van der Waals surface area (Å²) in [6.45, 7) is 6.26. The Bertz CT molecular complexity index is 1370. The number of nitrogens with one attached hydrogen (secondary N) is 4. The Balaban J connectivity index is 1.69. The van der Waals surface area contributed by atoms with Gasteiger partial charge in [0.05, 0.1) is 17.4 Å². The van der Waals surface area contributed by atoms with Gasteiger partial charge in [0, 0.05) is 11.9 Å². The first-order valence-corrected chi connectivity index (χ1v) is 14.2. The smallest absolute Gasteiger partial charge is 0.412 e. The highest BCUT2D eigenvalue weighted by Crippen LogP contribution is 2.24. The molecule has 4 N–H and O–H groups in total. The van der Waals surface area contributed by atoms with E-state index < -0.39 is 29.4 Å². The van der Waals surface area contributed by atoms with E-state index in [4.69, 9.17) is 4.74 Å². The lowest BCUT2D eigenvalue weighted by molar-refractivity contribution is 0.0635. The van der Waals surface area contributed by atoms with E-state index in [0.29, 0.717) is 23.5 Å². The lowest BCUT2D eigenvalue weighted by atomic mass is 10.0. The van der Waals surface area contributed by atoms with Crippen molar-refractivity contribution in [1.29, 1.82) is 0 Å². The van der Waals surface area contributed by atoms with E-state index in [-0.39, 0.29) is 11.7 Å². The summed E-state index contributed by atoms with van der Waals surface area (Å²) in [7, 11) is 4.06. The molecule has 0 bridgehead atoms. The van der Waals surface area contributed by atoms with Crippen LogP contribution in [0.4, 0.5) is 31.0 Å². The molecule has 4 amide bonds. The molecule has 0 saturated heterocycles. The number of nitrogens with zero attached hydrogens (tertiary/aromatic N) is 2. The molecule has 43 heavy (non-hydrogen) atoms. The van der Waals surface area contributed by atoms with Crippen molar-refractivity contribution in [3.63, 3.8) is 0 Å². The Morgan fingerprint density at radius 1 is 0.907 bits per heavy atom. The van der Waals surface area contributed by atoms with Gasteiger partial charge < -0.3 is 25.6 Å². The Hall–Kier alpha value is -4.51. The fourth-order valence-electron chi connectivity index (χ4n) is 4.21. The highest BCUT2D eigenvalue weighted by molar-refractivity contribution is 6.05. The number of aromatic nitrogens is 1. The van der Waals surface area contributed by atoms with Crippen molar-refractivity contribution in [3.05, 3.63) is 83.9 Å². The number of hydrogen-bond acceptors (Lipinski definition) is 6. The summed E-state index contributed by atoms with van der Waals surface area (Å²) in [5.74, 6) is -0.918. The SMILES string of the molecule is CN(C)CCCCCC(NC(=O)Nc1cccc(F)c1)c1ccc(C(=O)Nc2ccccc2NC(=O)OC(C)(C)C)nc1. The van der Waals surface area contributed by atoms with Gasteiger partial charge in [-0.05, 0) is 96.2 Å². The van der Waals surface area contributed by atoms with Gasteiger partial charge in [0.15, 0.2) is 0 Å². The van der Waals surface area contributed by atoms with Gasteiger partial charge >= 0.3 is 12.1 Å². The topological polar surface area (TPSA) is 125 Å². The number of ether oxygens (including phenoxy) is 1. The van der Waals surface area contributed by atoms with Crippen LogP contribution in [0.25, 0.3) is 0 Å². The van der Waals surface area contributed by atoms with E-state index in [9.17, 15) is 18.8 Å². The molecular formula is C32H41FN6O4. The van der Waals surface area contributed by atoms with Gasteiger partial charge in [0.25, 0.3) is 5.91 Å². The number of hydrogen-bond donors (Lipinski definition) is 4. The van der Waals surface area contributed by atoms with Gasteiger partial charge in [-0.3, -0.25) is 15.1 Å². The Kier molecular flexibility index (Phi) is 12.0. The summed E-state index contributed by atoms with van der Waals surface area (Å²) in [5.41, 5.74) is 1.32. The van der Waals surface area contributed by atoms with Crippen molar-refractivity contribution in [2.45, 2.75) is 58.1 Å².